The number of nitrogens with two attached hydrogens (primary N) is 1. The number of benzene rings is 1. The maximum atomic E-state index is 11.5. The number of methoxy groups -OCH3 is 1. The summed E-state index contributed by atoms with van der Waals surface area (Å²) in [6.45, 7) is 5.09. The van der Waals surface area contributed by atoms with Crippen LogP contribution in [0.15, 0.2) is 24.3 Å². The van der Waals surface area contributed by atoms with E-state index in [1.165, 1.54) is 0 Å². The summed E-state index contributed by atoms with van der Waals surface area (Å²) in [4.78, 5) is 11.5. The van der Waals surface area contributed by atoms with Crippen molar-refractivity contribution in [1.82, 2.24) is 5.32 Å². The fourth-order valence-corrected chi connectivity index (χ4v) is 1.84. The van der Waals surface area contributed by atoms with Crippen LogP contribution < -0.4 is 15.8 Å². The first-order valence-corrected chi connectivity index (χ1v) is 6.11. The molecule has 3 N–H and O–H groups in total. The predicted octanol–water partition coefficient (Wildman–Crippen LogP) is 1.44. The van der Waals surface area contributed by atoms with Gasteiger partial charge in [0.15, 0.2) is 0 Å². The molecule has 4 heteroatoms. The van der Waals surface area contributed by atoms with Crippen LogP contribution in [-0.2, 0) is 10.2 Å². The quantitative estimate of drug-likeness (QED) is 0.803. The van der Waals surface area contributed by atoms with Gasteiger partial charge >= 0.3 is 0 Å². The van der Waals surface area contributed by atoms with Crippen LogP contribution in [0.5, 0.6) is 5.75 Å². The minimum absolute atomic E-state index is 0.0135. The smallest absolute Gasteiger partial charge is 0.221 e. The van der Waals surface area contributed by atoms with Gasteiger partial charge in [-0.3, -0.25) is 4.79 Å². The van der Waals surface area contributed by atoms with Gasteiger partial charge in [-0.05, 0) is 6.07 Å². The normalized spacial score (nSPS) is 11.1. The Kier molecular flexibility index (Phi) is 5.16. The molecule has 1 amide bonds. The Morgan fingerprint density at radius 2 is 2.06 bits per heavy atom. The highest BCUT2D eigenvalue weighted by Gasteiger charge is 2.24. The minimum Gasteiger partial charge on any atom is -0.496 e. The second-order valence-electron chi connectivity index (χ2n) is 4.90. The van der Waals surface area contributed by atoms with Crippen LogP contribution in [0.4, 0.5) is 0 Å². The zero-order valence-corrected chi connectivity index (χ0v) is 11.3. The summed E-state index contributed by atoms with van der Waals surface area (Å²) in [5.74, 6) is 0.830. The third-order valence-electron chi connectivity index (χ3n) is 2.93. The largest absolute Gasteiger partial charge is 0.496 e. The number of carbonyl (C=O) groups is 1. The van der Waals surface area contributed by atoms with Crippen molar-refractivity contribution in [2.24, 2.45) is 5.73 Å². The molecular formula is C14H22N2O2. The number of carbonyl (C=O) groups excluding carboxylic acids is 1. The van der Waals surface area contributed by atoms with Gasteiger partial charge in [-0.25, -0.2) is 0 Å². The zero-order chi connectivity index (χ0) is 13.6. The van der Waals surface area contributed by atoms with E-state index in [1.54, 1.807) is 7.11 Å². The summed E-state index contributed by atoms with van der Waals surface area (Å²) in [6.07, 6.45) is 0.363. The topological polar surface area (TPSA) is 64.3 Å². The van der Waals surface area contributed by atoms with E-state index in [1.807, 2.05) is 24.3 Å². The first-order valence-electron chi connectivity index (χ1n) is 6.11. The van der Waals surface area contributed by atoms with Gasteiger partial charge in [0.25, 0.3) is 0 Å². The van der Waals surface area contributed by atoms with Crippen LogP contribution >= 0.6 is 0 Å². The number of rotatable bonds is 6. The third-order valence-corrected chi connectivity index (χ3v) is 2.93. The summed E-state index contributed by atoms with van der Waals surface area (Å²) in [6, 6.07) is 7.86. The molecule has 0 aromatic heterocycles. The Morgan fingerprint density at radius 3 is 2.67 bits per heavy atom. The van der Waals surface area contributed by atoms with Crippen molar-refractivity contribution in [2.75, 3.05) is 20.2 Å². The van der Waals surface area contributed by atoms with E-state index in [4.69, 9.17) is 10.5 Å². The standard InChI is InChI=1S/C14H22N2O2/c1-14(2,10-16-13(17)8-9-15)11-6-4-5-7-12(11)18-3/h4-7H,8-10,15H2,1-3H3,(H,16,17). The highest BCUT2D eigenvalue weighted by molar-refractivity contribution is 5.76. The molecule has 0 atom stereocenters. The Balaban J connectivity index is 2.76. The van der Waals surface area contributed by atoms with Gasteiger partial charge in [0, 0.05) is 30.5 Å². The van der Waals surface area contributed by atoms with E-state index >= 15 is 0 Å². The second-order valence-corrected chi connectivity index (χ2v) is 4.90. The van der Waals surface area contributed by atoms with Gasteiger partial charge in [0.05, 0.1) is 7.11 Å². The van der Waals surface area contributed by atoms with Crippen LogP contribution in [0, 0.1) is 0 Å². The first-order chi connectivity index (χ1) is 8.51. The van der Waals surface area contributed by atoms with E-state index < -0.39 is 0 Å². The minimum atomic E-state index is -0.184. The maximum Gasteiger partial charge on any atom is 0.221 e. The van der Waals surface area contributed by atoms with Crippen molar-refractivity contribution in [1.29, 1.82) is 0 Å². The molecule has 1 aromatic rings. The number of hydrogen-bond acceptors (Lipinski definition) is 3. The fourth-order valence-electron chi connectivity index (χ4n) is 1.84. The summed E-state index contributed by atoms with van der Waals surface area (Å²) >= 11 is 0. The van der Waals surface area contributed by atoms with Gasteiger partial charge in [-0.2, -0.15) is 0 Å². The van der Waals surface area contributed by atoms with Crippen molar-refractivity contribution < 1.29 is 9.53 Å². The number of hydrogen-bond donors (Lipinski definition) is 2. The van der Waals surface area contributed by atoms with Crippen LogP contribution in [0.3, 0.4) is 0 Å². The van der Waals surface area contributed by atoms with Crippen molar-refractivity contribution in [2.45, 2.75) is 25.7 Å². The highest BCUT2D eigenvalue weighted by atomic mass is 16.5. The van der Waals surface area contributed by atoms with E-state index in [0.717, 1.165) is 11.3 Å². The number of ether oxygens (including phenoxy) is 1. The molecule has 0 aliphatic carbocycles. The lowest BCUT2D eigenvalue weighted by Gasteiger charge is -2.27. The van der Waals surface area contributed by atoms with E-state index in [9.17, 15) is 4.79 Å². The lowest BCUT2D eigenvalue weighted by molar-refractivity contribution is -0.121. The Labute approximate surface area is 109 Å². The first kappa shape index (κ1) is 14.5. The van der Waals surface area contributed by atoms with E-state index in [0.29, 0.717) is 19.5 Å². The average molecular weight is 250 g/mol. The Hall–Kier alpha value is -1.55. The van der Waals surface area contributed by atoms with Gasteiger partial charge in [-0.1, -0.05) is 32.0 Å². The number of amides is 1. The highest BCUT2D eigenvalue weighted by Crippen LogP contribution is 2.30. The lowest BCUT2D eigenvalue weighted by Crippen LogP contribution is -2.37. The average Bonchev–Trinajstić information content (AvgIpc) is 2.37. The number of para-hydroxylation sites is 1. The monoisotopic (exact) mass is 250 g/mol. The van der Waals surface area contributed by atoms with Crippen LogP contribution in [-0.4, -0.2) is 26.1 Å². The predicted molar refractivity (Wildman–Crippen MR) is 72.7 cm³/mol. The lowest BCUT2D eigenvalue weighted by atomic mass is 9.84. The Bertz CT molecular complexity index is 403. The molecule has 0 aliphatic rings. The van der Waals surface area contributed by atoms with Gasteiger partial charge < -0.3 is 15.8 Å². The fraction of sp³-hybridized carbons (Fsp3) is 0.500. The molecule has 1 aromatic carbocycles. The SMILES string of the molecule is COc1ccccc1C(C)(C)CNC(=O)CCN. The Morgan fingerprint density at radius 1 is 1.39 bits per heavy atom. The van der Waals surface area contributed by atoms with Crippen LogP contribution in [0.2, 0.25) is 0 Å². The molecule has 0 heterocycles. The van der Waals surface area contributed by atoms with Gasteiger partial charge in [0.2, 0.25) is 5.91 Å². The third kappa shape index (κ3) is 3.74. The van der Waals surface area contributed by atoms with Crippen molar-refractivity contribution in [3.63, 3.8) is 0 Å². The van der Waals surface area contributed by atoms with Gasteiger partial charge in [0.1, 0.15) is 5.75 Å². The van der Waals surface area contributed by atoms with Crippen molar-refractivity contribution in [3.05, 3.63) is 29.8 Å². The molecule has 0 bridgehead atoms. The van der Waals surface area contributed by atoms with E-state index in [2.05, 4.69) is 19.2 Å². The van der Waals surface area contributed by atoms with Crippen molar-refractivity contribution in [3.8, 4) is 5.75 Å². The summed E-state index contributed by atoms with van der Waals surface area (Å²) in [5, 5.41) is 2.90. The molecule has 0 aliphatic heterocycles. The molecule has 0 fully saturated rings. The summed E-state index contributed by atoms with van der Waals surface area (Å²) in [7, 11) is 1.65. The summed E-state index contributed by atoms with van der Waals surface area (Å²) in [5.41, 5.74) is 6.24. The second kappa shape index (κ2) is 6.40. The van der Waals surface area contributed by atoms with E-state index in [-0.39, 0.29) is 11.3 Å². The molecule has 0 spiro atoms. The zero-order valence-electron chi connectivity index (χ0n) is 11.3. The summed E-state index contributed by atoms with van der Waals surface area (Å²) < 4.78 is 5.35. The molecule has 4 nitrogen and oxygen atoms in total. The van der Waals surface area contributed by atoms with Crippen molar-refractivity contribution >= 4 is 5.91 Å². The molecule has 0 saturated heterocycles. The molecule has 100 valence electrons. The van der Waals surface area contributed by atoms with Gasteiger partial charge in [-0.15, -0.1) is 0 Å². The molecule has 0 radical (unpaired) electrons. The van der Waals surface area contributed by atoms with Crippen LogP contribution in [0.1, 0.15) is 25.8 Å². The molecular weight excluding hydrogens is 228 g/mol. The molecule has 1 rings (SSSR count). The molecule has 18 heavy (non-hydrogen) atoms. The molecule has 0 saturated carbocycles. The van der Waals surface area contributed by atoms with Crippen LogP contribution in [0.25, 0.3) is 0 Å². The number of nitrogens with one attached hydrogen (secondary N) is 1. The maximum absolute atomic E-state index is 11.5. The molecule has 0 unspecified atom stereocenters.